The predicted octanol–water partition coefficient (Wildman–Crippen LogP) is 3.45. The van der Waals surface area contributed by atoms with Gasteiger partial charge in [0.25, 0.3) is 0 Å². The van der Waals surface area contributed by atoms with Gasteiger partial charge in [-0.2, -0.15) is 5.10 Å². The highest BCUT2D eigenvalue weighted by Gasteiger charge is 2.31. The van der Waals surface area contributed by atoms with Gasteiger partial charge in [0, 0.05) is 6.61 Å². The van der Waals surface area contributed by atoms with Crippen molar-refractivity contribution in [2.75, 3.05) is 13.2 Å². The minimum Gasteiger partial charge on any atom is -0.435 e. The van der Waals surface area contributed by atoms with E-state index in [-0.39, 0.29) is 29.2 Å². The number of hydrogen-bond donors (Lipinski definition) is 1. The number of nitrogens with zero attached hydrogens (tertiary/aromatic N) is 3. The van der Waals surface area contributed by atoms with E-state index in [1.54, 1.807) is 0 Å². The summed E-state index contributed by atoms with van der Waals surface area (Å²) in [6.07, 6.45) is 6.66. The first kappa shape index (κ1) is 20.4. The second-order valence-corrected chi connectivity index (χ2v) is 6.14. The predicted molar refractivity (Wildman–Crippen MR) is 98.0 cm³/mol. The van der Waals surface area contributed by atoms with Crippen LogP contribution in [0.15, 0.2) is 17.1 Å². The molecule has 1 aliphatic rings. The molecule has 2 N–H and O–H groups in total. The molecule has 1 aliphatic heterocycles. The molecule has 3 rings (SSSR count). The summed E-state index contributed by atoms with van der Waals surface area (Å²) >= 11 is 0. The number of carbonyl (C=O) groups excluding carboxylic acids is 1. The highest BCUT2D eigenvalue weighted by atomic mass is 19.2. The van der Waals surface area contributed by atoms with Crippen molar-refractivity contribution in [1.82, 2.24) is 9.78 Å². The molecular weight excluding hydrogens is 389 g/mol. The number of nitrogens with two attached hydrogens (primary N) is 1. The van der Waals surface area contributed by atoms with Gasteiger partial charge in [0.2, 0.25) is 0 Å². The molecule has 0 aliphatic carbocycles. The summed E-state index contributed by atoms with van der Waals surface area (Å²) in [4.78, 5) is 16.3. The fraction of sp³-hybridized carbons (Fsp3) is 0.316. The van der Waals surface area contributed by atoms with E-state index in [0.717, 1.165) is 36.0 Å². The molecule has 29 heavy (non-hydrogen) atoms. The normalized spacial score (nSPS) is 16.7. The zero-order valence-corrected chi connectivity index (χ0v) is 15.2. The number of ether oxygens (including phenoxy) is 2. The van der Waals surface area contributed by atoms with Crippen molar-refractivity contribution in [3.8, 4) is 23.5 Å². The van der Waals surface area contributed by atoms with Gasteiger partial charge in [-0.05, 0) is 37.0 Å². The third-order valence-corrected chi connectivity index (χ3v) is 4.29. The average molecular weight is 406 g/mol. The largest absolute Gasteiger partial charge is 0.437 e. The number of aromatic nitrogens is 2. The summed E-state index contributed by atoms with van der Waals surface area (Å²) in [5.74, 6) is -2.43. The zero-order chi connectivity index (χ0) is 21.0. The van der Waals surface area contributed by atoms with Gasteiger partial charge in [-0.3, -0.25) is 0 Å². The van der Waals surface area contributed by atoms with Crippen molar-refractivity contribution in [3.63, 3.8) is 0 Å². The molecule has 1 atom stereocenters. The van der Waals surface area contributed by atoms with Crippen LogP contribution in [0.2, 0.25) is 0 Å². The van der Waals surface area contributed by atoms with E-state index < -0.39 is 29.6 Å². The summed E-state index contributed by atoms with van der Waals surface area (Å²) in [7, 11) is 0. The van der Waals surface area contributed by atoms with Crippen LogP contribution in [0, 0.1) is 29.8 Å². The summed E-state index contributed by atoms with van der Waals surface area (Å²) in [5.41, 5.74) is 5.59. The average Bonchev–Trinajstić information content (AvgIpc) is 3.10. The van der Waals surface area contributed by atoms with E-state index in [9.17, 15) is 18.0 Å². The minimum atomic E-state index is -1.62. The molecule has 152 valence electrons. The maximum Gasteiger partial charge on any atom is 0.437 e. The Hall–Kier alpha value is -3.32. The van der Waals surface area contributed by atoms with Gasteiger partial charge in [0.1, 0.15) is 11.8 Å². The van der Waals surface area contributed by atoms with Gasteiger partial charge in [0.15, 0.2) is 29.9 Å². The monoisotopic (exact) mass is 406 g/mol. The lowest BCUT2D eigenvalue weighted by Crippen LogP contribution is -2.17. The Balaban J connectivity index is 2.24. The SMILES string of the molecule is C#CCOC(=O)n1nc(C2CCCCO2)c(-c2cc(F)c(F)c(F)c2)c1/N=C\N. The molecule has 1 aromatic heterocycles. The molecule has 10 heteroatoms. The highest BCUT2D eigenvalue weighted by molar-refractivity contribution is 5.85. The van der Waals surface area contributed by atoms with E-state index in [0.29, 0.717) is 13.0 Å². The van der Waals surface area contributed by atoms with Crippen molar-refractivity contribution in [2.24, 2.45) is 10.7 Å². The Labute approximate surface area is 164 Å². The van der Waals surface area contributed by atoms with E-state index in [1.165, 1.54) is 0 Å². The Morgan fingerprint density at radius 1 is 1.41 bits per heavy atom. The van der Waals surface area contributed by atoms with Crippen molar-refractivity contribution in [1.29, 1.82) is 0 Å². The standard InChI is InChI=1S/C19H17F3N4O3/c1-2-6-29-19(27)26-18(24-10-23)15(11-8-12(20)16(22)13(21)9-11)17(25-26)14-5-3-4-7-28-14/h1,8-10,14H,3-7H2,(H2,23,24). The first-order chi connectivity index (χ1) is 14.0. The lowest BCUT2D eigenvalue weighted by atomic mass is 9.98. The number of carbonyl (C=O) groups is 1. The minimum absolute atomic E-state index is 0.0778. The van der Waals surface area contributed by atoms with Crippen LogP contribution in [0.5, 0.6) is 0 Å². The molecule has 7 nitrogen and oxygen atoms in total. The van der Waals surface area contributed by atoms with Crippen LogP contribution >= 0.6 is 0 Å². The van der Waals surface area contributed by atoms with Gasteiger partial charge in [-0.15, -0.1) is 11.1 Å². The van der Waals surface area contributed by atoms with Crippen molar-refractivity contribution < 1.29 is 27.4 Å². The quantitative estimate of drug-likeness (QED) is 0.363. The molecule has 0 bridgehead atoms. The number of halogens is 3. The second kappa shape index (κ2) is 8.79. The molecule has 2 aromatic rings. The Morgan fingerprint density at radius 3 is 2.72 bits per heavy atom. The van der Waals surface area contributed by atoms with Crippen LogP contribution in [0.1, 0.15) is 31.1 Å². The fourth-order valence-electron chi connectivity index (χ4n) is 3.07. The van der Waals surface area contributed by atoms with E-state index in [2.05, 4.69) is 16.0 Å². The maximum atomic E-state index is 13.9. The summed E-state index contributed by atoms with van der Waals surface area (Å²) in [6, 6.07) is 1.57. The molecule has 0 saturated carbocycles. The van der Waals surface area contributed by atoms with Crippen LogP contribution in [0.3, 0.4) is 0 Å². The van der Waals surface area contributed by atoms with Gasteiger partial charge in [-0.1, -0.05) is 5.92 Å². The molecule has 0 spiro atoms. The number of benzene rings is 1. The summed E-state index contributed by atoms with van der Waals surface area (Å²) in [6.45, 7) is 0.120. The van der Waals surface area contributed by atoms with E-state index in [4.69, 9.17) is 21.6 Å². The fourth-order valence-corrected chi connectivity index (χ4v) is 3.07. The first-order valence-corrected chi connectivity index (χ1v) is 8.72. The maximum absolute atomic E-state index is 13.9. The van der Waals surface area contributed by atoms with E-state index >= 15 is 0 Å². The molecule has 2 heterocycles. The second-order valence-electron chi connectivity index (χ2n) is 6.14. The smallest absolute Gasteiger partial charge is 0.435 e. The molecule has 1 saturated heterocycles. The van der Waals surface area contributed by atoms with Crippen molar-refractivity contribution in [2.45, 2.75) is 25.4 Å². The third-order valence-electron chi connectivity index (χ3n) is 4.29. The summed E-state index contributed by atoms with van der Waals surface area (Å²) < 4.78 is 52.6. The molecule has 1 fully saturated rings. The number of rotatable bonds is 4. The molecule has 0 amide bonds. The zero-order valence-electron chi connectivity index (χ0n) is 15.2. The van der Waals surface area contributed by atoms with Crippen LogP contribution in [-0.4, -0.2) is 35.4 Å². The summed E-state index contributed by atoms with van der Waals surface area (Å²) in [5, 5.41) is 4.20. The molecule has 1 aromatic carbocycles. The van der Waals surface area contributed by atoms with Crippen LogP contribution in [0.4, 0.5) is 23.8 Å². The van der Waals surface area contributed by atoms with E-state index in [1.807, 2.05) is 0 Å². The Kier molecular flexibility index (Phi) is 6.19. The van der Waals surface area contributed by atoms with Gasteiger partial charge in [0.05, 0.1) is 11.9 Å². The van der Waals surface area contributed by atoms with Crippen LogP contribution < -0.4 is 5.73 Å². The molecular formula is C19H17F3N4O3. The number of aliphatic imine (C=N–C) groups is 1. The van der Waals surface area contributed by atoms with Crippen LogP contribution in [0.25, 0.3) is 11.1 Å². The van der Waals surface area contributed by atoms with Crippen molar-refractivity contribution >= 4 is 18.2 Å². The first-order valence-electron chi connectivity index (χ1n) is 8.72. The molecule has 1 unspecified atom stereocenters. The molecule has 0 radical (unpaired) electrons. The lowest BCUT2D eigenvalue weighted by Gasteiger charge is -2.22. The van der Waals surface area contributed by atoms with Gasteiger partial charge < -0.3 is 15.2 Å². The Morgan fingerprint density at radius 2 is 2.14 bits per heavy atom. The lowest BCUT2D eigenvalue weighted by molar-refractivity contribution is 0.0123. The van der Waals surface area contributed by atoms with Gasteiger partial charge in [-0.25, -0.2) is 23.0 Å². The number of terminal acetylenes is 1. The highest BCUT2D eigenvalue weighted by Crippen LogP contribution is 2.41. The van der Waals surface area contributed by atoms with Crippen LogP contribution in [-0.2, 0) is 9.47 Å². The van der Waals surface area contributed by atoms with Gasteiger partial charge >= 0.3 is 6.09 Å². The topological polar surface area (TPSA) is 91.7 Å². The third kappa shape index (κ3) is 4.09. The Bertz CT molecular complexity index is 968. The number of hydrogen-bond acceptors (Lipinski definition) is 5. The van der Waals surface area contributed by atoms with Crippen molar-refractivity contribution in [3.05, 3.63) is 35.3 Å².